The molecule has 0 saturated heterocycles. The molecule has 11 heavy (non-hydrogen) atoms. The second-order valence-corrected chi connectivity index (χ2v) is 2.73. The highest BCUT2D eigenvalue weighted by molar-refractivity contribution is 6.28. The molecule has 0 saturated carbocycles. The summed E-state index contributed by atoms with van der Waals surface area (Å²) < 4.78 is 0. The van der Waals surface area contributed by atoms with Gasteiger partial charge in [-0.2, -0.15) is 4.98 Å². The zero-order chi connectivity index (χ0) is 7.84. The summed E-state index contributed by atoms with van der Waals surface area (Å²) in [6, 6.07) is 1.98. The first kappa shape index (κ1) is 6.61. The molecule has 2 aromatic heterocycles. The minimum absolute atomic E-state index is 0.277. The highest BCUT2D eigenvalue weighted by atomic mass is 35.5. The Morgan fingerprint density at radius 3 is 3.18 bits per heavy atom. The maximum absolute atomic E-state index is 5.59. The van der Waals surface area contributed by atoms with Gasteiger partial charge in [0.05, 0.1) is 0 Å². The number of nitrogens with one attached hydrogen (secondary N) is 1. The first-order valence-corrected chi connectivity index (χ1v) is 3.61. The summed E-state index contributed by atoms with van der Waals surface area (Å²) in [5.41, 5.74) is 1.86. The summed E-state index contributed by atoms with van der Waals surface area (Å²) in [6.07, 6.45) is 1.70. The largest absolute Gasteiger partial charge is 0.343 e. The summed E-state index contributed by atoms with van der Waals surface area (Å²) in [5.74, 6) is 0. The van der Waals surface area contributed by atoms with Crippen LogP contribution in [0.5, 0.6) is 0 Å². The number of hydrogen-bond donors (Lipinski definition) is 1. The van der Waals surface area contributed by atoms with Crippen LogP contribution in [0.25, 0.3) is 11.0 Å². The van der Waals surface area contributed by atoms with E-state index in [-0.39, 0.29) is 5.28 Å². The van der Waals surface area contributed by atoms with E-state index in [4.69, 9.17) is 11.6 Å². The van der Waals surface area contributed by atoms with E-state index in [1.807, 2.05) is 13.0 Å². The van der Waals surface area contributed by atoms with Crippen molar-refractivity contribution in [2.45, 2.75) is 6.92 Å². The van der Waals surface area contributed by atoms with Crippen molar-refractivity contribution in [3.63, 3.8) is 0 Å². The first-order chi connectivity index (χ1) is 5.25. The normalized spacial score (nSPS) is 10.7. The van der Waals surface area contributed by atoms with Crippen LogP contribution in [-0.2, 0) is 0 Å². The Kier molecular flexibility index (Phi) is 1.32. The third-order valence-electron chi connectivity index (χ3n) is 1.48. The molecular weight excluding hydrogens is 162 g/mol. The quantitative estimate of drug-likeness (QED) is 0.609. The lowest BCUT2D eigenvalue weighted by molar-refractivity contribution is 1.18. The molecule has 2 aromatic rings. The molecule has 2 heterocycles. The van der Waals surface area contributed by atoms with Crippen LogP contribution in [-0.4, -0.2) is 15.0 Å². The molecule has 0 radical (unpaired) electrons. The number of hydrogen-bond acceptors (Lipinski definition) is 2. The topological polar surface area (TPSA) is 41.6 Å². The van der Waals surface area contributed by atoms with Crippen molar-refractivity contribution in [3.05, 3.63) is 23.2 Å². The molecule has 3 nitrogen and oxygen atoms in total. The smallest absolute Gasteiger partial charge is 0.224 e. The fourth-order valence-corrected chi connectivity index (χ4v) is 1.16. The molecule has 0 fully saturated rings. The molecule has 0 spiro atoms. The van der Waals surface area contributed by atoms with Gasteiger partial charge < -0.3 is 4.98 Å². The second kappa shape index (κ2) is 2.20. The molecule has 4 heteroatoms. The number of aromatic amines is 1. The van der Waals surface area contributed by atoms with Gasteiger partial charge in [0.15, 0.2) is 0 Å². The standard InChI is InChI=1S/C7H6ClN3/c1-4-2-5-3-9-7(8)11-6(5)10-4/h2-3H,1H3,(H,9,10,11). The number of H-pyrrole nitrogens is 1. The Bertz CT molecular complexity index is 393. The van der Waals surface area contributed by atoms with Gasteiger partial charge in [0.1, 0.15) is 5.65 Å². The highest BCUT2D eigenvalue weighted by Gasteiger charge is 1.98. The lowest BCUT2D eigenvalue weighted by atomic mass is 10.4. The van der Waals surface area contributed by atoms with E-state index >= 15 is 0 Å². The van der Waals surface area contributed by atoms with Crippen LogP contribution in [0.15, 0.2) is 12.3 Å². The zero-order valence-electron chi connectivity index (χ0n) is 5.93. The number of aromatic nitrogens is 3. The van der Waals surface area contributed by atoms with Crippen molar-refractivity contribution < 1.29 is 0 Å². The van der Waals surface area contributed by atoms with Crippen LogP contribution in [0.2, 0.25) is 5.28 Å². The fraction of sp³-hybridized carbons (Fsp3) is 0.143. The van der Waals surface area contributed by atoms with E-state index < -0.39 is 0 Å². The van der Waals surface area contributed by atoms with Crippen molar-refractivity contribution in [1.82, 2.24) is 15.0 Å². The minimum atomic E-state index is 0.277. The lowest BCUT2D eigenvalue weighted by Crippen LogP contribution is -1.80. The Hall–Kier alpha value is -1.09. The summed E-state index contributed by atoms with van der Waals surface area (Å²) in [7, 11) is 0. The van der Waals surface area contributed by atoms with E-state index in [0.29, 0.717) is 0 Å². The highest BCUT2D eigenvalue weighted by Crippen LogP contribution is 2.12. The third-order valence-corrected chi connectivity index (χ3v) is 1.66. The molecule has 0 unspecified atom stereocenters. The van der Waals surface area contributed by atoms with Crippen molar-refractivity contribution >= 4 is 22.6 Å². The van der Waals surface area contributed by atoms with Gasteiger partial charge in [0, 0.05) is 17.3 Å². The van der Waals surface area contributed by atoms with Crippen LogP contribution in [0.1, 0.15) is 5.69 Å². The van der Waals surface area contributed by atoms with Gasteiger partial charge in [-0.15, -0.1) is 0 Å². The Balaban J connectivity index is 2.82. The average molecular weight is 168 g/mol. The van der Waals surface area contributed by atoms with Crippen molar-refractivity contribution in [1.29, 1.82) is 0 Å². The van der Waals surface area contributed by atoms with E-state index in [0.717, 1.165) is 16.7 Å². The maximum Gasteiger partial charge on any atom is 0.224 e. The average Bonchev–Trinajstić information content (AvgIpc) is 2.27. The van der Waals surface area contributed by atoms with Gasteiger partial charge in [-0.1, -0.05) is 0 Å². The summed E-state index contributed by atoms with van der Waals surface area (Å²) in [5, 5.41) is 1.27. The molecule has 0 bridgehead atoms. The van der Waals surface area contributed by atoms with Crippen molar-refractivity contribution in [2.24, 2.45) is 0 Å². The lowest BCUT2D eigenvalue weighted by Gasteiger charge is -1.87. The number of fused-ring (bicyclic) bond motifs is 1. The van der Waals surface area contributed by atoms with E-state index in [9.17, 15) is 0 Å². The summed E-state index contributed by atoms with van der Waals surface area (Å²) in [6.45, 7) is 1.97. The fourth-order valence-electron chi connectivity index (χ4n) is 1.03. The zero-order valence-corrected chi connectivity index (χ0v) is 6.68. The van der Waals surface area contributed by atoms with Crippen molar-refractivity contribution in [2.75, 3.05) is 0 Å². The van der Waals surface area contributed by atoms with Gasteiger partial charge in [-0.25, -0.2) is 4.98 Å². The molecule has 2 rings (SSSR count). The van der Waals surface area contributed by atoms with Gasteiger partial charge >= 0.3 is 0 Å². The molecule has 56 valence electrons. The molecule has 0 aliphatic heterocycles. The van der Waals surface area contributed by atoms with Crippen LogP contribution < -0.4 is 0 Å². The minimum Gasteiger partial charge on any atom is -0.343 e. The second-order valence-electron chi connectivity index (χ2n) is 2.40. The van der Waals surface area contributed by atoms with Crippen LogP contribution in [0.4, 0.5) is 0 Å². The maximum atomic E-state index is 5.59. The van der Waals surface area contributed by atoms with Crippen LogP contribution in [0.3, 0.4) is 0 Å². The molecule has 0 aromatic carbocycles. The van der Waals surface area contributed by atoms with Gasteiger partial charge in [-0.05, 0) is 24.6 Å². The van der Waals surface area contributed by atoms with E-state index in [2.05, 4.69) is 15.0 Å². The predicted molar refractivity (Wildman–Crippen MR) is 43.6 cm³/mol. The first-order valence-electron chi connectivity index (χ1n) is 3.23. The Morgan fingerprint density at radius 1 is 1.55 bits per heavy atom. The third kappa shape index (κ3) is 1.07. The molecule has 0 aliphatic rings. The molecule has 0 aliphatic carbocycles. The predicted octanol–water partition coefficient (Wildman–Crippen LogP) is 1.92. The van der Waals surface area contributed by atoms with Crippen LogP contribution in [0, 0.1) is 6.92 Å². The number of halogens is 1. The van der Waals surface area contributed by atoms with E-state index in [1.165, 1.54) is 0 Å². The number of rotatable bonds is 0. The van der Waals surface area contributed by atoms with E-state index in [1.54, 1.807) is 6.20 Å². The molecular formula is C7H6ClN3. The molecule has 1 N–H and O–H groups in total. The van der Waals surface area contributed by atoms with Gasteiger partial charge in [0.2, 0.25) is 5.28 Å². The molecule has 0 atom stereocenters. The number of nitrogens with zero attached hydrogens (tertiary/aromatic N) is 2. The molecule has 0 amide bonds. The Morgan fingerprint density at radius 2 is 2.36 bits per heavy atom. The summed E-state index contributed by atoms with van der Waals surface area (Å²) in [4.78, 5) is 10.9. The number of aryl methyl sites for hydroxylation is 1. The summed E-state index contributed by atoms with van der Waals surface area (Å²) >= 11 is 5.59. The van der Waals surface area contributed by atoms with Gasteiger partial charge in [0.25, 0.3) is 0 Å². The van der Waals surface area contributed by atoms with Crippen LogP contribution >= 0.6 is 11.6 Å². The van der Waals surface area contributed by atoms with Gasteiger partial charge in [-0.3, -0.25) is 0 Å². The van der Waals surface area contributed by atoms with Crippen molar-refractivity contribution in [3.8, 4) is 0 Å². The monoisotopic (exact) mass is 167 g/mol. The SMILES string of the molecule is Cc1cc2cnc(Cl)nc2[nH]1. The Labute approximate surface area is 68.4 Å².